The van der Waals surface area contributed by atoms with Crippen molar-refractivity contribution >= 4 is 56.9 Å². The molecule has 2 saturated heterocycles. The van der Waals surface area contributed by atoms with Crippen LogP contribution in [0.4, 0.5) is 15.3 Å². The van der Waals surface area contributed by atoms with Crippen LogP contribution < -0.4 is 9.80 Å². The van der Waals surface area contributed by atoms with E-state index in [1.807, 2.05) is 0 Å². The molecule has 172 valence electrons. The molecule has 31 heavy (non-hydrogen) atoms. The van der Waals surface area contributed by atoms with Gasteiger partial charge in [-0.3, -0.25) is 0 Å². The van der Waals surface area contributed by atoms with Crippen molar-refractivity contribution in [3.63, 3.8) is 0 Å². The topological polar surface area (TPSA) is 41.5 Å². The second-order valence-electron chi connectivity index (χ2n) is 10.4. The van der Waals surface area contributed by atoms with E-state index in [2.05, 4.69) is 65.7 Å². The van der Waals surface area contributed by atoms with Gasteiger partial charge >= 0.3 is 0 Å². The van der Waals surface area contributed by atoms with Gasteiger partial charge in [-0.05, 0) is 65.8 Å². The zero-order valence-corrected chi connectivity index (χ0v) is 22.7. The minimum atomic E-state index is -1.79. The third-order valence-corrected chi connectivity index (χ3v) is 13.1. The van der Waals surface area contributed by atoms with E-state index < -0.39 is 14.5 Å². The van der Waals surface area contributed by atoms with Crippen LogP contribution in [-0.4, -0.2) is 56.7 Å². The molecule has 9 heteroatoms. The summed E-state index contributed by atoms with van der Waals surface area (Å²) in [5.74, 6) is 0.883. The van der Waals surface area contributed by atoms with Crippen molar-refractivity contribution in [2.75, 3.05) is 36.0 Å². The van der Waals surface area contributed by atoms with Crippen molar-refractivity contribution in [2.24, 2.45) is 0 Å². The van der Waals surface area contributed by atoms with Crippen molar-refractivity contribution in [3.05, 3.63) is 10.5 Å². The summed E-state index contributed by atoms with van der Waals surface area (Å²) in [6.07, 6.45) is 2.95. The Morgan fingerprint density at radius 3 is 2.52 bits per heavy atom. The Kier molecular flexibility index (Phi) is 6.69. The molecular formula is C22H34BrFN4OSSi. The van der Waals surface area contributed by atoms with Gasteiger partial charge in [0, 0.05) is 26.2 Å². The Bertz CT molecular complexity index is 926. The van der Waals surface area contributed by atoms with Gasteiger partial charge in [0.2, 0.25) is 0 Å². The van der Waals surface area contributed by atoms with Gasteiger partial charge < -0.3 is 14.2 Å². The Morgan fingerprint density at radius 2 is 1.84 bits per heavy atom. The van der Waals surface area contributed by atoms with Crippen LogP contribution in [0.3, 0.4) is 0 Å². The predicted octanol–water partition coefficient (Wildman–Crippen LogP) is 6.38. The lowest BCUT2D eigenvalue weighted by atomic mass is 10.1. The number of anilines is 2. The van der Waals surface area contributed by atoms with Gasteiger partial charge in [-0.1, -0.05) is 32.1 Å². The fourth-order valence-corrected chi connectivity index (χ4v) is 7.12. The van der Waals surface area contributed by atoms with Crippen LogP contribution in [0.25, 0.3) is 10.3 Å². The van der Waals surface area contributed by atoms with Crippen molar-refractivity contribution in [3.8, 4) is 0 Å². The largest absolute Gasteiger partial charge is 0.412 e. The molecule has 2 aliphatic rings. The first-order valence-electron chi connectivity index (χ1n) is 11.3. The third kappa shape index (κ3) is 5.09. The standard InChI is InChI=1S/C22H34BrFN4OSSi/c1-22(2,3)31(4,5)29-16-7-6-10-28(14-16)21-26-19-18(30-21)13-17(23)20(25-19)27-11-8-15(24)9-12-27/h13,15-16H,6-12,14H2,1-5H3. The van der Waals surface area contributed by atoms with Gasteiger partial charge in [0.15, 0.2) is 19.1 Å². The van der Waals surface area contributed by atoms with Gasteiger partial charge in [0.05, 0.1) is 15.3 Å². The summed E-state index contributed by atoms with van der Waals surface area (Å²) < 4.78 is 22.3. The summed E-state index contributed by atoms with van der Waals surface area (Å²) in [4.78, 5) is 14.3. The maximum Gasteiger partial charge on any atom is 0.192 e. The van der Waals surface area contributed by atoms with Crippen LogP contribution in [-0.2, 0) is 4.43 Å². The van der Waals surface area contributed by atoms with Crippen LogP contribution in [0.15, 0.2) is 10.5 Å². The number of alkyl halides is 1. The van der Waals surface area contributed by atoms with Gasteiger partial charge in [-0.2, -0.15) is 4.98 Å². The maximum absolute atomic E-state index is 13.6. The van der Waals surface area contributed by atoms with Gasteiger partial charge in [-0.25, -0.2) is 9.37 Å². The number of piperidine rings is 2. The number of hydrogen-bond donors (Lipinski definition) is 0. The smallest absolute Gasteiger partial charge is 0.192 e. The summed E-state index contributed by atoms with van der Waals surface area (Å²) >= 11 is 5.39. The molecule has 0 radical (unpaired) electrons. The molecular weight excluding hydrogens is 495 g/mol. The monoisotopic (exact) mass is 528 g/mol. The molecule has 1 atom stereocenters. The normalized spacial score (nSPS) is 21.8. The first-order chi connectivity index (χ1) is 14.5. The molecule has 4 rings (SSSR count). The molecule has 0 N–H and O–H groups in total. The summed E-state index contributed by atoms with van der Waals surface area (Å²) in [6.45, 7) is 14.9. The lowest BCUT2D eigenvalue weighted by Gasteiger charge is -2.42. The van der Waals surface area contributed by atoms with Crippen LogP contribution >= 0.6 is 27.3 Å². The summed E-state index contributed by atoms with van der Waals surface area (Å²) in [6, 6.07) is 2.12. The number of pyridine rings is 1. The lowest BCUT2D eigenvalue weighted by Crippen LogP contribution is -2.49. The highest BCUT2D eigenvalue weighted by Gasteiger charge is 2.40. The Hall–Kier alpha value is -0.773. The van der Waals surface area contributed by atoms with Crippen LogP contribution in [0.2, 0.25) is 18.1 Å². The van der Waals surface area contributed by atoms with Gasteiger partial charge in [0.1, 0.15) is 12.0 Å². The van der Waals surface area contributed by atoms with E-state index >= 15 is 0 Å². The number of thiazole rings is 1. The highest BCUT2D eigenvalue weighted by molar-refractivity contribution is 9.10. The quantitative estimate of drug-likeness (QED) is 0.430. The molecule has 0 amide bonds. The van der Waals surface area contributed by atoms with Gasteiger partial charge in [0.25, 0.3) is 0 Å². The molecule has 0 aromatic carbocycles. The fourth-order valence-electron chi connectivity index (χ4n) is 4.04. The summed E-state index contributed by atoms with van der Waals surface area (Å²) in [5.41, 5.74) is 0.785. The molecule has 2 aliphatic heterocycles. The number of nitrogens with zero attached hydrogens (tertiary/aromatic N) is 4. The molecule has 4 heterocycles. The number of rotatable bonds is 4. The zero-order chi connectivity index (χ0) is 22.4. The number of aromatic nitrogens is 2. The van der Waals surface area contributed by atoms with Crippen molar-refractivity contribution in [2.45, 2.75) is 76.9 Å². The van der Waals surface area contributed by atoms with Gasteiger partial charge in [-0.15, -0.1) is 0 Å². The maximum atomic E-state index is 13.6. The molecule has 2 aromatic rings. The second kappa shape index (κ2) is 8.87. The average molecular weight is 530 g/mol. The second-order valence-corrected chi connectivity index (χ2v) is 17.0. The van der Waals surface area contributed by atoms with Crippen LogP contribution in [0, 0.1) is 0 Å². The van der Waals surface area contributed by atoms with E-state index in [1.165, 1.54) is 0 Å². The molecule has 0 saturated carbocycles. The number of hydrogen-bond acceptors (Lipinski definition) is 6. The third-order valence-electron chi connectivity index (χ3n) is 6.95. The first-order valence-corrected chi connectivity index (χ1v) is 15.8. The molecule has 0 aliphatic carbocycles. The first kappa shape index (κ1) is 23.4. The van der Waals surface area contributed by atoms with E-state index in [1.54, 1.807) is 11.3 Å². The van der Waals surface area contributed by atoms with E-state index in [4.69, 9.17) is 14.4 Å². The summed E-state index contributed by atoms with van der Waals surface area (Å²) in [7, 11) is -1.79. The van der Waals surface area contributed by atoms with Crippen LogP contribution in [0.5, 0.6) is 0 Å². The van der Waals surface area contributed by atoms with E-state index in [0.717, 1.165) is 51.7 Å². The average Bonchev–Trinajstić information content (AvgIpc) is 3.10. The Labute approximate surface area is 198 Å². The van der Waals surface area contributed by atoms with Crippen molar-refractivity contribution in [1.29, 1.82) is 0 Å². The number of halogens is 2. The van der Waals surface area contributed by atoms with Crippen LogP contribution in [0.1, 0.15) is 46.5 Å². The Morgan fingerprint density at radius 1 is 1.13 bits per heavy atom. The molecule has 0 spiro atoms. The fraction of sp³-hybridized carbons (Fsp3) is 0.727. The van der Waals surface area contributed by atoms with E-state index in [9.17, 15) is 4.39 Å². The highest BCUT2D eigenvalue weighted by Crippen LogP contribution is 2.39. The highest BCUT2D eigenvalue weighted by atomic mass is 79.9. The molecule has 2 aromatic heterocycles. The number of fused-ring (bicyclic) bond motifs is 1. The van der Waals surface area contributed by atoms with E-state index in [-0.39, 0.29) is 11.1 Å². The minimum absolute atomic E-state index is 0.217. The lowest BCUT2D eigenvalue weighted by molar-refractivity contribution is 0.160. The Balaban J connectivity index is 1.51. The zero-order valence-electron chi connectivity index (χ0n) is 19.3. The molecule has 2 fully saturated rings. The van der Waals surface area contributed by atoms with E-state index in [0.29, 0.717) is 25.9 Å². The van der Waals surface area contributed by atoms with Crippen molar-refractivity contribution in [1.82, 2.24) is 9.97 Å². The summed E-state index contributed by atoms with van der Waals surface area (Å²) in [5, 5.41) is 1.24. The molecule has 1 unspecified atom stereocenters. The molecule has 0 bridgehead atoms. The minimum Gasteiger partial charge on any atom is -0.412 e. The molecule has 5 nitrogen and oxygen atoms in total. The predicted molar refractivity (Wildman–Crippen MR) is 135 cm³/mol. The van der Waals surface area contributed by atoms with Crippen molar-refractivity contribution < 1.29 is 8.82 Å². The SMILES string of the molecule is CC(C)(C)[Si](C)(C)OC1CCCN(c2nc3nc(N4CCC(F)CC4)c(Br)cc3s2)C1.